The molecule has 0 saturated carbocycles. The molecule has 9 heteroatoms. The van der Waals surface area contributed by atoms with Gasteiger partial charge in [-0.05, 0) is 67.6 Å². The van der Waals surface area contributed by atoms with E-state index in [9.17, 15) is 14.4 Å². The predicted molar refractivity (Wildman–Crippen MR) is 135 cm³/mol. The number of para-hydroxylation sites is 2. The van der Waals surface area contributed by atoms with Gasteiger partial charge in [0.05, 0.1) is 26.7 Å². The quantitative estimate of drug-likeness (QED) is 0.363. The second kappa shape index (κ2) is 13.4. The van der Waals surface area contributed by atoms with Crippen molar-refractivity contribution < 1.29 is 33.3 Å². The van der Waals surface area contributed by atoms with E-state index in [0.717, 1.165) is 0 Å². The Morgan fingerprint density at radius 3 is 2.03 bits per heavy atom. The SMILES string of the molecule is CCOc1ccccc1OCCC(=O)OCC(=O)Nc1ccc(C(=O)Nc2ccc(OC)cc2)cc1. The zero-order valence-electron chi connectivity index (χ0n) is 20.1. The summed E-state index contributed by atoms with van der Waals surface area (Å²) < 4.78 is 21.1. The lowest BCUT2D eigenvalue weighted by Gasteiger charge is -2.11. The smallest absolute Gasteiger partial charge is 0.309 e. The summed E-state index contributed by atoms with van der Waals surface area (Å²) in [5.74, 6) is 0.461. The van der Waals surface area contributed by atoms with Crippen molar-refractivity contribution in [2.24, 2.45) is 0 Å². The molecule has 9 nitrogen and oxygen atoms in total. The number of benzene rings is 3. The third-order valence-electron chi connectivity index (χ3n) is 4.86. The number of rotatable bonds is 12. The summed E-state index contributed by atoms with van der Waals surface area (Å²) in [4.78, 5) is 36.5. The number of hydrogen-bond donors (Lipinski definition) is 2. The lowest BCUT2D eigenvalue weighted by molar-refractivity contribution is -0.147. The van der Waals surface area contributed by atoms with Crippen molar-refractivity contribution in [3.05, 3.63) is 78.4 Å². The Morgan fingerprint density at radius 2 is 1.39 bits per heavy atom. The number of ether oxygens (including phenoxy) is 4. The molecule has 0 aliphatic carbocycles. The lowest BCUT2D eigenvalue weighted by atomic mass is 10.2. The maximum atomic E-state index is 12.4. The Hall–Kier alpha value is -4.53. The number of esters is 1. The molecule has 0 spiro atoms. The monoisotopic (exact) mass is 492 g/mol. The van der Waals surface area contributed by atoms with E-state index in [2.05, 4.69) is 10.6 Å². The maximum absolute atomic E-state index is 12.4. The van der Waals surface area contributed by atoms with E-state index in [0.29, 0.717) is 40.8 Å². The minimum absolute atomic E-state index is 0.0221. The van der Waals surface area contributed by atoms with Crippen molar-refractivity contribution in [1.29, 1.82) is 0 Å². The molecule has 0 aromatic heterocycles. The first kappa shape index (κ1) is 26.1. The topological polar surface area (TPSA) is 112 Å². The molecule has 0 atom stereocenters. The highest BCUT2D eigenvalue weighted by molar-refractivity contribution is 6.04. The summed E-state index contributed by atoms with van der Waals surface area (Å²) in [7, 11) is 1.57. The Bertz CT molecular complexity index is 1160. The highest BCUT2D eigenvalue weighted by Crippen LogP contribution is 2.26. The summed E-state index contributed by atoms with van der Waals surface area (Å²) in [5, 5.41) is 5.40. The molecule has 3 rings (SSSR count). The maximum Gasteiger partial charge on any atom is 0.309 e. The number of nitrogens with one attached hydrogen (secondary N) is 2. The molecule has 2 N–H and O–H groups in total. The van der Waals surface area contributed by atoms with Gasteiger partial charge in [0.1, 0.15) is 5.75 Å². The first-order valence-corrected chi connectivity index (χ1v) is 11.3. The van der Waals surface area contributed by atoms with Crippen molar-refractivity contribution >= 4 is 29.2 Å². The molecule has 3 aromatic carbocycles. The van der Waals surface area contributed by atoms with Crippen LogP contribution in [-0.2, 0) is 14.3 Å². The van der Waals surface area contributed by atoms with Gasteiger partial charge in [-0.3, -0.25) is 14.4 Å². The molecule has 36 heavy (non-hydrogen) atoms. The van der Waals surface area contributed by atoms with Crippen LogP contribution in [0.1, 0.15) is 23.7 Å². The highest BCUT2D eigenvalue weighted by Gasteiger charge is 2.11. The van der Waals surface area contributed by atoms with Crippen LogP contribution in [0.2, 0.25) is 0 Å². The van der Waals surface area contributed by atoms with Gasteiger partial charge >= 0.3 is 5.97 Å². The number of methoxy groups -OCH3 is 1. The van der Waals surface area contributed by atoms with Crippen molar-refractivity contribution in [2.75, 3.05) is 37.6 Å². The molecule has 0 aliphatic rings. The van der Waals surface area contributed by atoms with Crippen LogP contribution >= 0.6 is 0 Å². The minimum Gasteiger partial charge on any atom is -0.497 e. The molecule has 0 aliphatic heterocycles. The van der Waals surface area contributed by atoms with Gasteiger partial charge in [0.25, 0.3) is 11.8 Å². The summed E-state index contributed by atoms with van der Waals surface area (Å²) in [6.45, 7) is 2.02. The molecule has 3 aromatic rings. The summed E-state index contributed by atoms with van der Waals surface area (Å²) in [6, 6.07) is 20.5. The van der Waals surface area contributed by atoms with Gasteiger partial charge in [-0.25, -0.2) is 0 Å². The first-order chi connectivity index (χ1) is 17.5. The summed E-state index contributed by atoms with van der Waals surface area (Å²) in [5.41, 5.74) is 1.51. The molecule has 188 valence electrons. The van der Waals surface area contributed by atoms with E-state index in [1.165, 1.54) is 0 Å². The first-order valence-electron chi connectivity index (χ1n) is 11.3. The average Bonchev–Trinajstić information content (AvgIpc) is 2.89. The number of carbonyl (C=O) groups is 3. The standard InChI is InChI=1S/C27H28N2O7/c1-3-34-23-6-4-5-7-24(23)35-17-16-26(31)36-18-25(30)28-20-10-8-19(9-11-20)27(32)29-21-12-14-22(33-2)15-13-21/h4-15H,3,16-18H2,1-2H3,(H,28,30)(H,29,32). The van der Waals surface area contributed by atoms with Gasteiger partial charge in [0.2, 0.25) is 0 Å². The van der Waals surface area contributed by atoms with Gasteiger partial charge < -0.3 is 29.6 Å². The Kier molecular flexibility index (Phi) is 9.69. The fraction of sp³-hybridized carbons (Fsp3) is 0.222. The number of hydrogen-bond acceptors (Lipinski definition) is 7. The third-order valence-corrected chi connectivity index (χ3v) is 4.86. The second-order valence-corrected chi connectivity index (χ2v) is 7.45. The van der Waals surface area contributed by atoms with Crippen LogP contribution in [0.4, 0.5) is 11.4 Å². The Morgan fingerprint density at radius 1 is 0.778 bits per heavy atom. The highest BCUT2D eigenvalue weighted by atomic mass is 16.5. The minimum atomic E-state index is -0.565. The number of anilines is 2. The van der Waals surface area contributed by atoms with Crippen molar-refractivity contribution in [1.82, 2.24) is 0 Å². The normalized spacial score (nSPS) is 10.2. The lowest BCUT2D eigenvalue weighted by Crippen LogP contribution is -2.21. The van der Waals surface area contributed by atoms with Crippen LogP contribution < -0.4 is 24.8 Å². The van der Waals surface area contributed by atoms with Crippen LogP contribution in [0.15, 0.2) is 72.8 Å². The van der Waals surface area contributed by atoms with Crippen LogP contribution in [0.25, 0.3) is 0 Å². The van der Waals surface area contributed by atoms with Crippen molar-refractivity contribution in [3.8, 4) is 17.2 Å². The van der Waals surface area contributed by atoms with Crippen LogP contribution in [-0.4, -0.2) is 44.7 Å². The van der Waals surface area contributed by atoms with Gasteiger partial charge in [-0.1, -0.05) is 12.1 Å². The Labute approximate surface area is 209 Å². The molecule has 0 bridgehead atoms. The predicted octanol–water partition coefficient (Wildman–Crippen LogP) is 4.30. The van der Waals surface area contributed by atoms with E-state index in [1.54, 1.807) is 73.8 Å². The van der Waals surface area contributed by atoms with Gasteiger partial charge in [0.15, 0.2) is 18.1 Å². The van der Waals surface area contributed by atoms with E-state index >= 15 is 0 Å². The number of carbonyl (C=O) groups excluding carboxylic acids is 3. The summed E-state index contributed by atoms with van der Waals surface area (Å²) in [6.07, 6.45) is -0.0221. The molecular formula is C27H28N2O7. The molecule has 0 radical (unpaired) electrons. The van der Waals surface area contributed by atoms with Crippen molar-refractivity contribution in [2.45, 2.75) is 13.3 Å². The van der Waals surface area contributed by atoms with E-state index in [-0.39, 0.29) is 18.9 Å². The zero-order chi connectivity index (χ0) is 25.8. The second-order valence-electron chi connectivity index (χ2n) is 7.45. The van der Waals surface area contributed by atoms with Gasteiger partial charge in [-0.15, -0.1) is 0 Å². The van der Waals surface area contributed by atoms with Crippen LogP contribution in [0.3, 0.4) is 0 Å². The molecule has 0 unspecified atom stereocenters. The van der Waals surface area contributed by atoms with E-state index < -0.39 is 18.5 Å². The third kappa shape index (κ3) is 8.05. The molecule has 0 heterocycles. The van der Waals surface area contributed by atoms with Gasteiger partial charge in [0, 0.05) is 16.9 Å². The number of amides is 2. The van der Waals surface area contributed by atoms with E-state index in [4.69, 9.17) is 18.9 Å². The molecule has 0 saturated heterocycles. The fourth-order valence-corrected chi connectivity index (χ4v) is 3.09. The largest absolute Gasteiger partial charge is 0.497 e. The van der Waals surface area contributed by atoms with E-state index in [1.807, 2.05) is 13.0 Å². The molecule has 0 fully saturated rings. The van der Waals surface area contributed by atoms with Gasteiger partial charge in [-0.2, -0.15) is 0 Å². The summed E-state index contributed by atoms with van der Waals surface area (Å²) >= 11 is 0. The van der Waals surface area contributed by atoms with Crippen LogP contribution in [0.5, 0.6) is 17.2 Å². The molecular weight excluding hydrogens is 464 g/mol. The average molecular weight is 493 g/mol. The fourth-order valence-electron chi connectivity index (χ4n) is 3.09. The zero-order valence-corrected chi connectivity index (χ0v) is 20.1. The Balaban J connectivity index is 1.39. The molecule has 2 amide bonds. The van der Waals surface area contributed by atoms with Crippen LogP contribution in [0, 0.1) is 0 Å². The van der Waals surface area contributed by atoms with Crippen molar-refractivity contribution in [3.63, 3.8) is 0 Å².